The maximum absolute atomic E-state index is 6.58. The third-order valence-electron chi connectivity index (χ3n) is 4.70. The zero-order valence-corrected chi connectivity index (χ0v) is 15.7. The molecule has 2 rings (SSSR count). The summed E-state index contributed by atoms with van der Waals surface area (Å²) in [5, 5.41) is 4.37. The zero-order valence-electron chi connectivity index (χ0n) is 15.0. The summed E-state index contributed by atoms with van der Waals surface area (Å²) in [6.07, 6.45) is 2.35. The summed E-state index contributed by atoms with van der Waals surface area (Å²) in [5.41, 5.74) is 4.21. The number of nitrogens with one attached hydrogen (secondary N) is 1. The molecule has 1 aromatic rings. The lowest BCUT2D eigenvalue weighted by molar-refractivity contribution is 0.376. The van der Waals surface area contributed by atoms with Gasteiger partial charge in [-0.05, 0) is 49.8 Å². The minimum atomic E-state index is 0.198. The predicted molar refractivity (Wildman–Crippen MR) is 98.2 cm³/mol. The first kappa shape index (κ1) is 17.6. The van der Waals surface area contributed by atoms with Gasteiger partial charge in [-0.1, -0.05) is 45.4 Å². The second-order valence-corrected chi connectivity index (χ2v) is 8.01. The maximum atomic E-state index is 6.58. The van der Waals surface area contributed by atoms with Gasteiger partial charge in [-0.3, -0.25) is 0 Å². The molecule has 1 aliphatic heterocycles. The van der Waals surface area contributed by atoms with Crippen molar-refractivity contribution in [2.75, 3.05) is 11.4 Å². The van der Waals surface area contributed by atoms with Crippen molar-refractivity contribution in [3.63, 3.8) is 0 Å². The zero-order chi connectivity index (χ0) is 16.5. The standard InChI is InChI=1S/C19H31ClN2/c1-7-8-22-18-10-17(20)15(12-21-13(2)3)9-16(18)14(4)11-19(22,5)6/h9-10,13-14,21H,7-8,11-12H2,1-6H3/t14-/m1/s1. The lowest BCUT2D eigenvalue weighted by atomic mass is 9.79. The Morgan fingerprint density at radius 1 is 1.36 bits per heavy atom. The van der Waals surface area contributed by atoms with Crippen LogP contribution in [-0.4, -0.2) is 18.1 Å². The van der Waals surface area contributed by atoms with Crippen molar-refractivity contribution in [2.24, 2.45) is 0 Å². The van der Waals surface area contributed by atoms with Crippen LogP contribution in [0.5, 0.6) is 0 Å². The molecule has 1 N–H and O–H groups in total. The number of hydrogen-bond acceptors (Lipinski definition) is 2. The van der Waals surface area contributed by atoms with Crippen molar-refractivity contribution in [1.82, 2.24) is 5.32 Å². The number of benzene rings is 1. The summed E-state index contributed by atoms with van der Waals surface area (Å²) in [7, 11) is 0. The lowest BCUT2D eigenvalue weighted by Gasteiger charge is -2.48. The Bertz CT molecular complexity index is 522. The van der Waals surface area contributed by atoms with E-state index in [0.29, 0.717) is 12.0 Å². The van der Waals surface area contributed by atoms with E-state index in [4.69, 9.17) is 11.6 Å². The molecule has 0 unspecified atom stereocenters. The number of nitrogens with zero attached hydrogens (tertiary/aromatic N) is 1. The van der Waals surface area contributed by atoms with Crippen LogP contribution in [-0.2, 0) is 6.54 Å². The van der Waals surface area contributed by atoms with E-state index in [-0.39, 0.29) is 5.54 Å². The molecule has 0 amide bonds. The number of fused-ring (bicyclic) bond motifs is 1. The van der Waals surface area contributed by atoms with Crippen molar-refractivity contribution < 1.29 is 0 Å². The fraction of sp³-hybridized carbons (Fsp3) is 0.684. The van der Waals surface area contributed by atoms with Crippen LogP contribution in [0, 0.1) is 0 Å². The molecule has 22 heavy (non-hydrogen) atoms. The fourth-order valence-electron chi connectivity index (χ4n) is 3.65. The van der Waals surface area contributed by atoms with E-state index in [1.807, 2.05) is 0 Å². The second-order valence-electron chi connectivity index (χ2n) is 7.61. The molecular weight excluding hydrogens is 292 g/mol. The fourth-order valence-corrected chi connectivity index (χ4v) is 3.87. The quantitative estimate of drug-likeness (QED) is 0.787. The highest BCUT2D eigenvalue weighted by Crippen LogP contribution is 2.45. The smallest absolute Gasteiger partial charge is 0.0471 e. The van der Waals surface area contributed by atoms with Gasteiger partial charge in [0.2, 0.25) is 0 Å². The Balaban J connectivity index is 2.41. The summed E-state index contributed by atoms with van der Waals surface area (Å²) in [4.78, 5) is 2.55. The molecular formula is C19H31ClN2. The molecule has 0 aromatic heterocycles. The molecule has 0 bridgehead atoms. The molecule has 1 heterocycles. The number of halogens is 1. The summed E-state index contributed by atoms with van der Waals surface area (Å²) < 4.78 is 0. The SMILES string of the molecule is CCCN1c2cc(Cl)c(CNC(C)C)cc2[C@H](C)CC1(C)C. The molecule has 3 heteroatoms. The first-order chi connectivity index (χ1) is 10.3. The minimum Gasteiger partial charge on any atom is -0.366 e. The maximum Gasteiger partial charge on any atom is 0.0471 e. The highest BCUT2D eigenvalue weighted by Gasteiger charge is 2.36. The molecule has 0 saturated carbocycles. The van der Waals surface area contributed by atoms with Crippen LogP contribution in [0.25, 0.3) is 0 Å². The van der Waals surface area contributed by atoms with Crippen LogP contribution >= 0.6 is 11.6 Å². The lowest BCUT2D eigenvalue weighted by Crippen LogP contribution is -2.48. The molecule has 1 aromatic carbocycles. The number of anilines is 1. The van der Waals surface area contributed by atoms with Crippen LogP contribution in [0.3, 0.4) is 0 Å². The number of hydrogen-bond donors (Lipinski definition) is 1. The molecule has 1 aliphatic rings. The Morgan fingerprint density at radius 2 is 2.05 bits per heavy atom. The molecule has 0 saturated heterocycles. The van der Waals surface area contributed by atoms with Gasteiger partial charge < -0.3 is 10.2 Å². The van der Waals surface area contributed by atoms with E-state index in [9.17, 15) is 0 Å². The highest BCUT2D eigenvalue weighted by molar-refractivity contribution is 6.31. The van der Waals surface area contributed by atoms with Gasteiger partial charge in [-0.2, -0.15) is 0 Å². The Labute approximate surface area is 141 Å². The summed E-state index contributed by atoms with van der Waals surface area (Å²) >= 11 is 6.58. The van der Waals surface area contributed by atoms with Gasteiger partial charge in [-0.25, -0.2) is 0 Å². The van der Waals surface area contributed by atoms with Crippen molar-refractivity contribution >= 4 is 17.3 Å². The van der Waals surface area contributed by atoms with Crippen molar-refractivity contribution in [3.05, 3.63) is 28.3 Å². The Kier molecular flexibility index (Phi) is 5.45. The summed E-state index contributed by atoms with van der Waals surface area (Å²) in [6.45, 7) is 15.6. The van der Waals surface area contributed by atoms with Crippen molar-refractivity contribution in [2.45, 2.75) is 78.4 Å². The van der Waals surface area contributed by atoms with Gasteiger partial charge in [0.1, 0.15) is 0 Å². The van der Waals surface area contributed by atoms with Crippen LogP contribution in [0.15, 0.2) is 12.1 Å². The predicted octanol–water partition coefficient (Wildman–Crippen LogP) is 5.34. The van der Waals surface area contributed by atoms with E-state index < -0.39 is 0 Å². The van der Waals surface area contributed by atoms with Gasteiger partial charge in [-0.15, -0.1) is 0 Å². The van der Waals surface area contributed by atoms with E-state index >= 15 is 0 Å². The Hall–Kier alpha value is -0.730. The van der Waals surface area contributed by atoms with E-state index in [1.165, 1.54) is 23.2 Å². The molecule has 124 valence electrons. The molecule has 2 nitrogen and oxygen atoms in total. The van der Waals surface area contributed by atoms with E-state index in [2.05, 4.69) is 63.9 Å². The molecule has 0 fully saturated rings. The van der Waals surface area contributed by atoms with Gasteiger partial charge in [0.15, 0.2) is 0 Å². The van der Waals surface area contributed by atoms with Gasteiger partial charge >= 0.3 is 0 Å². The third kappa shape index (κ3) is 3.60. The van der Waals surface area contributed by atoms with Crippen LogP contribution in [0.4, 0.5) is 5.69 Å². The largest absolute Gasteiger partial charge is 0.366 e. The van der Waals surface area contributed by atoms with E-state index in [1.54, 1.807) is 0 Å². The summed E-state index contributed by atoms with van der Waals surface area (Å²) in [6, 6.07) is 5.00. The van der Waals surface area contributed by atoms with Crippen molar-refractivity contribution in [3.8, 4) is 0 Å². The average Bonchev–Trinajstić information content (AvgIpc) is 2.41. The summed E-state index contributed by atoms with van der Waals surface area (Å²) in [5.74, 6) is 0.577. The number of rotatable bonds is 5. The van der Waals surface area contributed by atoms with E-state index in [0.717, 1.165) is 24.5 Å². The molecule has 0 radical (unpaired) electrons. The van der Waals surface area contributed by atoms with Crippen LogP contribution in [0.2, 0.25) is 5.02 Å². The van der Waals surface area contributed by atoms with Gasteiger partial charge in [0.05, 0.1) is 0 Å². The molecule has 1 atom stereocenters. The topological polar surface area (TPSA) is 15.3 Å². The normalized spacial score (nSPS) is 20.4. The molecule has 0 aliphatic carbocycles. The van der Waals surface area contributed by atoms with Crippen LogP contribution < -0.4 is 10.2 Å². The molecule has 0 spiro atoms. The van der Waals surface area contributed by atoms with Gasteiger partial charge in [0.25, 0.3) is 0 Å². The first-order valence-electron chi connectivity index (χ1n) is 8.59. The average molecular weight is 323 g/mol. The second kappa shape index (κ2) is 6.80. The highest BCUT2D eigenvalue weighted by atomic mass is 35.5. The van der Waals surface area contributed by atoms with Gasteiger partial charge in [0, 0.05) is 35.4 Å². The first-order valence-corrected chi connectivity index (χ1v) is 8.97. The Morgan fingerprint density at radius 3 is 2.64 bits per heavy atom. The van der Waals surface area contributed by atoms with Crippen molar-refractivity contribution in [1.29, 1.82) is 0 Å². The minimum absolute atomic E-state index is 0.198. The monoisotopic (exact) mass is 322 g/mol. The third-order valence-corrected chi connectivity index (χ3v) is 5.05. The van der Waals surface area contributed by atoms with Crippen LogP contribution in [0.1, 0.15) is 71.4 Å².